The fourth-order valence-corrected chi connectivity index (χ4v) is 2.56. The maximum atomic E-state index is 5.98. The molecule has 0 spiro atoms. The third-order valence-corrected chi connectivity index (χ3v) is 3.70. The molecule has 1 unspecified atom stereocenters. The van der Waals surface area contributed by atoms with Crippen molar-refractivity contribution in [2.24, 2.45) is 5.92 Å². The summed E-state index contributed by atoms with van der Waals surface area (Å²) in [5.41, 5.74) is 1.40. The molecule has 1 N–H and O–H groups in total. The first-order valence-corrected chi connectivity index (χ1v) is 6.87. The Kier molecular flexibility index (Phi) is 3.32. The highest BCUT2D eigenvalue weighted by Crippen LogP contribution is 2.30. The topological polar surface area (TPSA) is 21.3 Å². The minimum atomic E-state index is 0.501. The van der Waals surface area contributed by atoms with Gasteiger partial charge in [-0.05, 0) is 62.7 Å². The van der Waals surface area contributed by atoms with Crippen LogP contribution in [0.5, 0.6) is 5.75 Å². The van der Waals surface area contributed by atoms with Crippen LogP contribution >= 0.6 is 0 Å². The fraction of sp³-hybridized carbons (Fsp3) is 0.600. The van der Waals surface area contributed by atoms with E-state index in [1.165, 1.54) is 37.8 Å². The van der Waals surface area contributed by atoms with E-state index >= 15 is 0 Å². The minimum Gasteiger partial charge on any atom is -0.490 e. The van der Waals surface area contributed by atoms with Gasteiger partial charge in [0.15, 0.2) is 0 Å². The molecule has 1 saturated heterocycles. The van der Waals surface area contributed by atoms with Gasteiger partial charge in [0.25, 0.3) is 0 Å². The number of hydrogen-bond acceptors (Lipinski definition) is 2. The standard InChI is InChI=1S/C15H21NO/c1-2-6-15(17-14-7-8-14)13(5-1)10-12-4-3-9-16-11-12/h1-2,5-6,12,14,16H,3-4,7-11H2. The van der Waals surface area contributed by atoms with Gasteiger partial charge in [0.2, 0.25) is 0 Å². The van der Waals surface area contributed by atoms with E-state index in [4.69, 9.17) is 4.74 Å². The second kappa shape index (κ2) is 5.09. The molecule has 2 nitrogen and oxygen atoms in total. The van der Waals surface area contributed by atoms with Gasteiger partial charge in [-0.15, -0.1) is 0 Å². The Balaban J connectivity index is 1.67. The quantitative estimate of drug-likeness (QED) is 0.860. The van der Waals surface area contributed by atoms with Crippen molar-refractivity contribution >= 4 is 0 Å². The van der Waals surface area contributed by atoms with Crippen LogP contribution in [0.4, 0.5) is 0 Å². The highest BCUT2D eigenvalue weighted by atomic mass is 16.5. The van der Waals surface area contributed by atoms with E-state index in [2.05, 4.69) is 29.6 Å². The van der Waals surface area contributed by atoms with E-state index in [0.717, 1.165) is 24.6 Å². The van der Waals surface area contributed by atoms with Gasteiger partial charge in [0.05, 0.1) is 6.10 Å². The fourth-order valence-electron chi connectivity index (χ4n) is 2.56. The number of benzene rings is 1. The molecule has 2 aliphatic rings. The van der Waals surface area contributed by atoms with Crippen molar-refractivity contribution in [3.8, 4) is 5.75 Å². The molecule has 1 atom stereocenters. The van der Waals surface area contributed by atoms with Gasteiger partial charge in [-0.1, -0.05) is 18.2 Å². The van der Waals surface area contributed by atoms with Crippen molar-refractivity contribution in [2.45, 2.75) is 38.2 Å². The molecule has 17 heavy (non-hydrogen) atoms. The van der Waals surface area contributed by atoms with Gasteiger partial charge in [0, 0.05) is 0 Å². The monoisotopic (exact) mass is 231 g/mol. The van der Waals surface area contributed by atoms with Crippen LogP contribution in [0.15, 0.2) is 24.3 Å². The lowest BCUT2D eigenvalue weighted by atomic mass is 9.92. The van der Waals surface area contributed by atoms with Gasteiger partial charge in [-0.25, -0.2) is 0 Å². The van der Waals surface area contributed by atoms with Crippen molar-refractivity contribution in [3.05, 3.63) is 29.8 Å². The van der Waals surface area contributed by atoms with Gasteiger partial charge < -0.3 is 10.1 Å². The first kappa shape index (κ1) is 11.1. The van der Waals surface area contributed by atoms with Gasteiger partial charge in [-0.2, -0.15) is 0 Å². The molecule has 92 valence electrons. The molecule has 2 heteroatoms. The van der Waals surface area contributed by atoms with E-state index in [1.54, 1.807) is 0 Å². The summed E-state index contributed by atoms with van der Waals surface area (Å²) >= 11 is 0. The van der Waals surface area contributed by atoms with Crippen molar-refractivity contribution in [3.63, 3.8) is 0 Å². The Labute approximate surface area is 103 Å². The largest absolute Gasteiger partial charge is 0.490 e. The average Bonchev–Trinajstić information content (AvgIpc) is 3.17. The van der Waals surface area contributed by atoms with Crippen molar-refractivity contribution in [2.75, 3.05) is 13.1 Å². The van der Waals surface area contributed by atoms with Crippen LogP contribution in [0, 0.1) is 5.92 Å². The molecular weight excluding hydrogens is 210 g/mol. The van der Waals surface area contributed by atoms with Crippen molar-refractivity contribution < 1.29 is 4.74 Å². The SMILES string of the molecule is c1ccc(OC2CC2)c(CC2CCCNC2)c1. The van der Waals surface area contributed by atoms with Crippen LogP contribution in [-0.4, -0.2) is 19.2 Å². The zero-order valence-corrected chi connectivity index (χ0v) is 10.3. The number of para-hydroxylation sites is 1. The summed E-state index contributed by atoms with van der Waals surface area (Å²) in [5.74, 6) is 1.91. The maximum Gasteiger partial charge on any atom is 0.122 e. The molecule has 3 rings (SSSR count). The summed E-state index contributed by atoms with van der Waals surface area (Å²) in [6, 6.07) is 8.57. The molecule has 0 bridgehead atoms. The van der Waals surface area contributed by atoms with E-state index in [-0.39, 0.29) is 0 Å². The lowest BCUT2D eigenvalue weighted by molar-refractivity contribution is 0.295. The Morgan fingerprint density at radius 2 is 2.06 bits per heavy atom. The van der Waals surface area contributed by atoms with Gasteiger partial charge in [0.1, 0.15) is 5.75 Å². The second-order valence-electron chi connectivity index (χ2n) is 5.34. The van der Waals surface area contributed by atoms with Crippen LogP contribution in [0.1, 0.15) is 31.2 Å². The predicted molar refractivity (Wildman–Crippen MR) is 69.4 cm³/mol. The molecule has 1 aromatic rings. The van der Waals surface area contributed by atoms with E-state index in [9.17, 15) is 0 Å². The van der Waals surface area contributed by atoms with Crippen LogP contribution < -0.4 is 10.1 Å². The molecule has 1 aliphatic heterocycles. The highest BCUT2D eigenvalue weighted by molar-refractivity contribution is 5.34. The third kappa shape index (κ3) is 3.01. The summed E-state index contributed by atoms with van der Waals surface area (Å²) in [6.45, 7) is 2.36. The summed E-state index contributed by atoms with van der Waals surface area (Å²) in [4.78, 5) is 0. The number of rotatable bonds is 4. The molecule has 0 amide bonds. The van der Waals surface area contributed by atoms with E-state index in [0.29, 0.717) is 6.10 Å². The predicted octanol–water partition coefficient (Wildman–Crippen LogP) is 2.77. The zero-order valence-electron chi connectivity index (χ0n) is 10.3. The lowest BCUT2D eigenvalue weighted by Gasteiger charge is -2.23. The van der Waals surface area contributed by atoms with Crippen LogP contribution in [0.25, 0.3) is 0 Å². The lowest BCUT2D eigenvalue weighted by Crippen LogP contribution is -2.30. The summed E-state index contributed by atoms with van der Waals surface area (Å²) in [5, 5.41) is 3.49. The molecular formula is C15H21NO. The number of piperidine rings is 1. The summed E-state index contributed by atoms with van der Waals surface area (Å²) in [7, 11) is 0. The number of nitrogens with one attached hydrogen (secondary N) is 1. The van der Waals surface area contributed by atoms with Crippen molar-refractivity contribution in [1.82, 2.24) is 5.32 Å². The number of hydrogen-bond donors (Lipinski definition) is 1. The minimum absolute atomic E-state index is 0.501. The molecule has 0 radical (unpaired) electrons. The van der Waals surface area contributed by atoms with Crippen LogP contribution in [0.2, 0.25) is 0 Å². The Morgan fingerprint density at radius 3 is 2.82 bits per heavy atom. The summed E-state index contributed by atoms with van der Waals surface area (Å²) in [6.07, 6.45) is 6.80. The molecule has 2 fully saturated rings. The normalized spacial score (nSPS) is 24.6. The first-order valence-electron chi connectivity index (χ1n) is 6.87. The molecule has 1 aromatic carbocycles. The third-order valence-electron chi connectivity index (χ3n) is 3.70. The summed E-state index contributed by atoms with van der Waals surface area (Å²) < 4.78 is 5.98. The highest BCUT2D eigenvalue weighted by Gasteiger charge is 2.25. The Morgan fingerprint density at radius 1 is 1.18 bits per heavy atom. The Hall–Kier alpha value is -1.02. The van der Waals surface area contributed by atoms with Crippen LogP contribution in [0.3, 0.4) is 0 Å². The molecule has 1 aliphatic carbocycles. The maximum absolute atomic E-state index is 5.98. The first-order chi connectivity index (χ1) is 8.42. The zero-order chi connectivity index (χ0) is 11.5. The molecule has 0 aromatic heterocycles. The molecule has 1 saturated carbocycles. The Bertz CT molecular complexity index is 367. The van der Waals surface area contributed by atoms with Gasteiger partial charge in [-0.3, -0.25) is 0 Å². The second-order valence-corrected chi connectivity index (χ2v) is 5.34. The number of ether oxygens (including phenoxy) is 1. The van der Waals surface area contributed by atoms with Crippen molar-refractivity contribution in [1.29, 1.82) is 0 Å². The molecule has 1 heterocycles. The van der Waals surface area contributed by atoms with E-state index in [1.807, 2.05) is 0 Å². The van der Waals surface area contributed by atoms with E-state index < -0.39 is 0 Å². The van der Waals surface area contributed by atoms with Crippen LogP contribution in [-0.2, 0) is 6.42 Å². The van der Waals surface area contributed by atoms with Gasteiger partial charge >= 0.3 is 0 Å². The average molecular weight is 231 g/mol. The smallest absolute Gasteiger partial charge is 0.122 e.